The molecule has 0 amide bonds. The number of hydrogen-bond donors (Lipinski definition) is 0. The summed E-state index contributed by atoms with van der Waals surface area (Å²) in [4.78, 5) is 0. The van der Waals surface area contributed by atoms with Crippen LogP contribution >= 0.6 is 0 Å². The van der Waals surface area contributed by atoms with Gasteiger partial charge in [-0.05, 0) is 35.4 Å². The summed E-state index contributed by atoms with van der Waals surface area (Å²) in [5.41, 5.74) is 5.29. The fraction of sp³-hybridized carbons (Fsp3) is 0.125. The van der Waals surface area contributed by atoms with Crippen molar-refractivity contribution in [2.24, 2.45) is 0 Å². The number of nitrogens with zero attached hydrogens (tertiary/aromatic N) is 2. The van der Waals surface area contributed by atoms with Crippen LogP contribution in [0.15, 0.2) is 85.1 Å². The van der Waals surface area contributed by atoms with Crippen molar-refractivity contribution in [2.75, 3.05) is 14.2 Å². The predicted molar refractivity (Wildman–Crippen MR) is 111 cm³/mol. The molecule has 0 saturated heterocycles. The van der Waals surface area contributed by atoms with E-state index in [1.165, 1.54) is 5.56 Å². The molecule has 140 valence electrons. The highest BCUT2D eigenvalue weighted by atomic mass is 16.5. The zero-order valence-electron chi connectivity index (χ0n) is 16.0. The van der Waals surface area contributed by atoms with Crippen LogP contribution in [0, 0.1) is 0 Å². The molecule has 4 heteroatoms. The molecule has 1 heterocycles. The van der Waals surface area contributed by atoms with Crippen molar-refractivity contribution in [1.29, 1.82) is 0 Å². The average Bonchev–Trinajstić information content (AvgIpc) is 3.24. The van der Waals surface area contributed by atoms with E-state index in [1.54, 1.807) is 14.2 Å². The molecule has 0 bridgehead atoms. The van der Waals surface area contributed by atoms with Crippen LogP contribution in [0.4, 0.5) is 0 Å². The highest BCUT2D eigenvalue weighted by Crippen LogP contribution is 2.37. The van der Waals surface area contributed by atoms with Crippen LogP contribution in [0.2, 0.25) is 0 Å². The number of rotatable bonds is 6. The maximum absolute atomic E-state index is 5.69. The standard InChI is InChI=1S/C24H22N2O2/c1-27-23-17-24(28-2)21(16-19(23)15-18-9-5-3-6-10-18)22-13-14-25-26(22)20-11-7-4-8-12-20/h3-14,16-17H,15H2,1-2H3. The molecule has 4 rings (SSSR count). The second-order valence-electron chi connectivity index (χ2n) is 6.49. The van der Waals surface area contributed by atoms with Gasteiger partial charge in [-0.2, -0.15) is 5.10 Å². The van der Waals surface area contributed by atoms with Crippen molar-refractivity contribution in [3.05, 3.63) is 96.2 Å². The number of hydrogen-bond acceptors (Lipinski definition) is 3. The summed E-state index contributed by atoms with van der Waals surface area (Å²) in [5, 5.41) is 4.52. The van der Waals surface area contributed by atoms with Crippen molar-refractivity contribution >= 4 is 0 Å². The van der Waals surface area contributed by atoms with Crippen molar-refractivity contribution in [1.82, 2.24) is 9.78 Å². The Morgan fingerprint density at radius 1 is 0.786 bits per heavy atom. The van der Waals surface area contributed by atoms with Gasteiger partial charge in [0.2, 0.25) is 0 Å². The zero-order chi connectivity index (χ0) is 19.3. The second kappa shape index (κ2) is 8.01. The summed E-state index contributed by atoms with van der Waals surface area (Å²) in [6.45, 7) is 0. The average molecular weight is 370 g/mol. The summed E-state index contributed by atoms with van der Waals surface area (Å²) in [7, 11) is 3.37. The molecule has 0 aliphatic rings. The lowest BCUT2D eigenvalue weighted by atomic mass is 9.99. The fourth-order valence-electron chi connectivity index (χ4n) is 3.40. The number of aromatic nitrogens is 2. The van der Waals surface area contributed by atoms with Gasteiger partial charge in [0.25, 0.3) is 0 Å². The molecule has 3 aromatic carbocycles. The number of ether oxygens (including phenoxy) is 2. The molecule has 4 nitrogen and oxygen atoms in total. The third-order valence-corrected chi connectivity index (χ3v) is 4.76. The van der Waals surface area contributed by atoms with E-state index in [2.05, 4.69) is 35.4 Å². The van der Waals surface area contributed by atoms with Gasteiger partial charge in [-0.15, -0.1) is 0 Å². The van der Waals surface area contributed by atoms with Crippen LogP contribution in [-0.4, -0.2) is 24.0 Å². The number of para-hydroxylation sites is 1. The largest absolute Gasteiger partial charge is 0.496 e. The summed E-state index contributed by atoms with van der Waals surface area (Å²) < 4.78 is 13.3. The maximum atomic E-state index is 5.69. The molecule has 0 atom stereocenters. The first-order chi connectivity index (χ1) is 13.8. The van der Waals surface area contributed by atoms with E-state index in [4.69, 9.17) is 9.47 Å². The lowest BCUT2D eigenvalue weighted by molar-refractivity contribution is 0.392. The Balaban J connectivity index is 1.83. The van der Waals surface area contributed by atoms with Gasteiger partial charge in [0.1, 0.15) is 11.5 Å². The van der Waals surface area contributed by atoms with Gasteiger partial charge in [-0.1, -0.05) is 48.5 Å². The second-order valence-corrected chi connectivity index (χ2v) is 6.49. The molecular formula is C24H22N2O2. The molecule has 0 aliphatic heterocycles. The van der Waals surface area contributed by atoms with Crippen LogP contribution < -0.4 is 9.47 Å². The highest BCUT2D eigenvalue weighted by molar-refractivity contribution is 5.72. The molecule has 0 N–H and O–H groups in total. The molecule has 4 aromatic rings. The minimum absolute atomic E-state index is 0.756. The quantitative estimate of drug-likeness (QED) is 0.471. The minimum atomic E-state index is 0.756. The normalized spacial score (nSPS) is 10.6. The van der Waals surface area contributed by atoms with Gasteiger partial charge in [0.15, 0.2) is 0 Å². The van der Waals surface area contributed by atoms with E-state index in [0.29, 0.717) is 0 Å². The van der Waals surface area contributed by atoms with E-state index in [-0.39, 0.29) is 0 Å². The molecule has 1 aromatic heterocycles. The molecular weight excluding hydrogens is 348 g/mol. The SMILES string of the molecule is COc1cc(OC)c(-c2ccnn2-c2ccccc2)cc1Cc1ccccc1. The van der Waals surface area contributed by atoms with E-state index in [0.717, 1.165) is 40.4 Å². The summed E-state index contributed by atoms with van der Waals surface area (Å²) in [5.74, 6) is 1.57. The first kappa shape index (κ1) is 17.9. The molecule has 0 aliphatic carbocycles. The van der Waals surface area contributed by atoms with Gasteiger partial charge in [-0.3, -0.25) is 0 Å². The minimum Gasteiger partial charge on any atom is -0.496 e. The predicted octanol–water partition coefficient (Wildman–Crippen LogP) is 5.15. The molecule has 0 spiro atoms. The maximum Gasteiger partial charge on any atom is 0.131 e. The Kier molecular flexibility index (Phi) is 5.11. The first-order valence-corrected chi connectivity index (χ1v) is 9.19. The Morgan fingerprint density at radius 3 is 2.14 bits per heavy atom. The smallest absolute Gasteiger partial charge is 0.131 e. The highest BCUT2D eigenvalue weighted by Gasteiger charge is 2.17. The van der Waals surface area contributed by atoms with Crippen LogP contribution in [-0.2, 0) is 6.42 Å². The number of benzene rings is 3. The molecule has 0 unspecified atom stereocenters. The van der Waals surface area contributed by atoms with Gasteiger partial charge in [-0.25, -0.2) is 4.68 Å². The third-order valence-electron chi connectivity index (χ3n) is 4.76. The Hall–Kier alpha value is -3.53. The lowest BCUT2D eigenvalue weighted by Crippen LogP contribution is -2.02. The Labute approximate surface area is 165 Å². The summed E-state index contributed by atoms with van der Waals surface area (Å²) >= 11 is 0. The molecule has 0 saturated carbocycles. The lowest BCUT2D eigenvalue weighted by Gasteiger charge is -2.16. The van der Waals surface area contributed by atoms with Gasteiger partial charge >= 0.3 is 0 Å². The van der Waals surface area contributed by atoms with Gasteiger partial charge in [0, 0.05) is 18.1 Å². The van der Waals surface area contributed by atoms with Crippen LogP contribution in [0.3, 0.4) is 0 Å². The van der Waals surface area contributed by atoms with Crippen LogP contribution in [0.1, 0.15) is 11.1 Å². The Bertz CT molecular complexity index is 1060. The van der Waals surface area contributed by atoms with E-state index in [1.807, 2.05) is 59.4 Å². The fourth-order valence-corrected chi connectivity index (χ4v) is 3.40. The monoisotopic (exact) mass is 370 g/mol. The van der Waals surface area contributed by atoms with Gasteiger partial charge < -0.3 is 9.47 Å². The third kappa shape index (κ3) is 3.49. The van der Waals surface area contributed by atoms with Crippen LogP contribution in [0.5, 0.6) is 11.5 Å². The number of methoxy groups -OCH3 is 2. The molecule has 0 radical (unpaired) electrons. The summed E-state index contributed by atoms with van der Waals surface area (Å²) in [6.07, 6.45) is 2.59. The topological polar surface area (TPSA) is 36.3 Å². The van der Waals surface area contributed by atoms with E-state index < -0.39 is 0 Å². The van der Waals surface area contributed by atoms with Crippen molar-refractivity contribution in [3.8, 4) is 28.4 Å². The van der Waals surface area contributed by atoms with E-state index in [9.17, 15) is 0 Å². The zero-order valence-corrected chi connectivity index (χ0v) is 16.0. The van der Waals surface area contributed by atoms with Crippen molar-refractivity contribution in [2.45, 2.75) is 6.42 Å². The van der Waals surface area contributed by atoms with Crippen LogP contribution in [0.25, 0.3) is 16.9 Å². The van der Waals surface area contributed by atoms with E-state index >= 15 is 0 Å². The first-order valence-electron chi connectivity index (χ1n) is 9.19. The van der Waals surface area contributed by atoms with Crippen molar-refractivity contribution in [3.63, 3.8) is 0 Å². The molecule has 0 fully saturated rings. The Morgan fingerprint density at radius 2 is 1.46 bits per heavy atom. The summed E-state index contributed by atoms with van der Waals surface area (Å²) in [6, 6.07) is 26.6. The molecule has 28 heavy (non-hydrogen) atoms. The van der Waals surface area contributed by atoms with Crippen molar-refractivity contribution < 1.29 is 9.47 Å². The van der Waals surface area contributed by atoms with Gasteiger partial charge in [0.05, 0.1) is 31.8 Å².